The first-order valence-corrected chi connectivity index (χ1v) is 14.2. The summed E-state index contributed by atoms with van der Waals surface area (Å²) in [5, 5.41) is 12.7. The average Bonchev–Trinajstić information content (AvgIpc) is 3.59. The third-order valence-corrected chi connectivity index (χ3v) is 7.41. The Hall–Kier alpha value is -4.02. The van der Waals surface area contributed by atoms with Crippen LogP contribution in [-0.2, 0) is 22.6 Å². The van der Waals surface area contributed by atoms with Crippen LogP contribution in [0, 0.1) is 0 Å². The Morgan fingerprint density at radius 2 is 1.70 bits per heavy atom. The molecule has 0 saturated heterocycles. The lowest BCUT2D eigenvalue weighted by atomic mass is 10.2. The van der Waals surface area contributed by atoms with E-state index in [1.54, 1.807) is 24.3 Å². The molecule has 206 valence electrons. The summed E-state index contributed by atoms with van der Waals surface area (Å²) < 4.78 is 12.9. The van der Waals surface area contributed by atoms with E-state index in [9.17, 15) is 9.59 Å². The highest BCUT2D eigenvalue weighted by molar-refractivity contribution is 7.99. The molecule has 1 aromatic heterocycles. The summed E-state index contributed by atoms with van der Waals surface area (Å²) in [6, 6.07) is 22.3. The van der Waals surface area contributed by atoms with Gasteiger partial charge in [-0.05, 0) is 73.5 Å². The first-order valence-electron chi connectivity index (χ1n) is 12.9. The molecule has 0 atom stereocenters. The number of hydrogen-bond donors (Lipinski definition) is 1. The standard InChI is InChI=1S/C29H28ClN5O4S/c1-2-38-23-13-9-22(10-14-23)35-26(17-31-27(36)18-39-24-11-7-21(30)8-12-24)32-33-29(35)40-19-28(37)34-16-15-20-5-3-4-6-25(20)34/h3-14H,2,15-19H2,1H3,(H,31,36). The number of nitrogens with one attached hydrogen (secondary N) is 1. The number of thioether (sulfide) groups is 1. The highest BCUT2D eigenvalue weighted by atomic mass is 35.5. The molecule has 11 heteroatoms. The molecular weight excluding hydrogens is 550 g/mol. The number of rotatable bonds is 11. The van der Waals surface area contributed by atoms with E-state index >= 15 is 0 Å². The van der Waals surface area contributed by atoms with E-state index in [0.29, 0.717) is 34.9 Å². The van der Waals surface area contributed by atoms with Crippen molar-refractivity contribution in [2.24, 2.45) is 0 Å². The highest BCUT2D eigenvalue weighted by Crippen LogP contribution is 2.29. The number of carbonyl (C=O) groups excluding carboxylic acids is 2. The number of benzene rings is 3. The molecule has 9 nitrogen and oxygen atoms in total. The van der Waals surface area contributed by atoms with Gasteiger partial charge in [0.05, 0.1) is 18.9 Å². The summed E-state index contributed by atoms with van der Waals surface area (Å²) in [4.78, 5) is 27.4. The molecule has 0 bridgehead atoms. The van der Waals surface area contributed by atoms with E-state index in [4.69, 9.17) is 21.1 Å². The predicted molar refractivity (Wildman–Crippen MR) is 155 cm³/mol. The molecule has 40 heavy (non-hydrogen) atoms. The smallest absolute Gasteiger partial charge is 0.258 e. The van der Waals surface area contributed by atoms with Gasteiger partial charge < -0.3 is 19.7 Å². The Bertz CT molecular complexity index is 1480. The maximum absolute atomic E-state index is 13.1. The van der Waals surface area contributed by atoms with Crippen LogP contribution in [-0.4, -0.2) is 52.1 Å². The van der Waals surface area contributed by atoms with Crippen LogP contribution in [0.5, 0.6) is 11.5 Å². The number of aromatic nitrogens is 3. The van der Waals surface area contributed by atoms with Gasteiger partial charge in [-0.2, -0.15) is 0 Å². The summed E-state index contributed by atoms with van der Waals surface area (Å²) in [7, 11) is 0. The average molecular weight is 578 g/mol. The maximum Gasteiger partial charge on any atom is 0.258 e. The number of fused-ring (bicyclic) bond motifs is 1. The minimum atomic E-state index is -0.312. The number of carbonyl (C=O) groups is 2. The van der Waals surface area contributed by atoms with Crippen molar-refractivity contribution in [2.75, 3.05) is 30.4 Å². The third-order valence-electron chi connectivity index (χ3n) is 6.25. The van der Waals surface area contributed by atoms with E-state index < -0.39 is 0 Å². The van der Waals surface area contributed by atoms with Gasteiger partial charge in [0, 0.05) is 22.9 Å². The van der Waals surface area contributed by atoms with Crippen LogP contribution >= 0.6 is 23.4 Å². The lowest BCUT2D eigenvalue weighted by molar-refractivity contribution is -0.123. The molecule has 0 fully saturated rings. The molecule has 1 aliphatic rings. The lowest BCUT2D eigenvalue weighted by Crippen LogP contribution is -2.30. The van der Waals surface area contributed by atoms with Crippen molar-refractivity contribution in [1.82, 2.24) is 20.1 Å². The molecule has 1 N–H and O–H groups in total. The van der Waals surface area contributed by atoms with Gasteiger partial charge in [0.2, 0.25) is 5.91 Å². The van der Waals surface area contributed by atoms with E-state index in [2.05, 4.69) is 21.6 Å². The summed E-state index contributed by atoms with van der Waals surface area (Å²) in [5.74, 6) is 1.70. The van der Waals surface area contributed by atoms with Crippen molar-refractivity contribution in [3.63, 3.8) is 0 Å². The summed E-state index contributed by atoms with van der Waals surface area (Å²) in [6.07, 6.45) is 0.848. The zero-order valence-electron chi connectivity index (χ0n) is 21.9. The Balaban J connectivity index is 1.28. The second-order valence-electron chi connectivity index (χ2n) is 8.89. The monoisotopic (exact) mass is 577 g/mol. The number of amides is 2. The number of halogens is 1. The SMILES string of the molecule is CCOc1ccc(-n2c(CNC(=O)COc3ccc(Cl)cc3)nnc2SCC(=O)N2CCc3ccccc32)cc1. The van der Waals surface area contributed by atoms with Gasteiger partial charge in [0.25, 0.3) is 5.91 Å². The molecule has 4 aromatic rings. The van der Waals surface area contributed by atoms with Gasteiger partial charge in [-0.25, -0.2) is 0 Å². The highest BCUT2D eigenvalue weighted by Gasteiger charge is 2.25. The topological polar surface area (TPSA) is 98.6 Å². The van der Waals surface area contributed by atoms with Gasteiger partial charge in [-0.15, -0.1) is 10.2 Å². The van der Waals surface area contributed by atoms with Crippen LogP contribution in [0.2, 0.25) is 5.02 Å². The first kappa shape index (κ1) is 27.5. The maximum atomic E-state index is 13.1. The number of ether oxygens (including phenoxy) is 2. The normalized spacial score (nSPS) is 12.2. The minimum Gasteiger partial charge on any atom is -0.494 e. The van der Waals surface area contributed by atoms with Gasteiger partial charge >= 0.3 is 0 Å². The van der Waals surface area contributed by atoms with Crippen LogP contribution in [0.4, 0.5) is 5.69 Å². The molecule has 5 rings (SSSR count). The third kappa shape index (κ3) is 6.57. The number of anilines is 1. The van der Waals surface area contributed by atoms with E-state index in [1.807, 2.05) is 58.9 Å². The molecule has 0 saturated carbocycles. The van der Waals surface area contributed by atoms with Gasteiger partial charge in [-0.1, -0.05) is 41.6 Å². The van der Waals surface area contributed by atoms with Crippen LogP contribution in [0.15, 0.2) is 78.0 Å². The molecule has 2 heterocycles. The molecule has 0 spiro atoms. The fraction of sp³-hybridized carbons (Fsp3) is 0.241. The van der Waals surface area contributed by atoms with Crippen LogP contribution in [0.25, 0.3) is 5.69 Å². The fourth-order valence-electron chi connectivity index (χ4n) is 4.34. The van der Waals surface area contributed by atoms with Crippen LogP contribution < -0.4 is 19.7 Å². The van der Waals surface area contributed by atoms with Crippen molar-refractivity contribution >= 4 is 40.9 Å². The first-order chi connectivity index (χ1) is 19.5. The van der Waals surface area contributed by atoms with Crippen molar-refractivity contribution in [3.8, 4) is 17.2 Å². The van der Waals surface area contributed by atoms with Gasteiger partial charge in [-0.3, -0.25) is 14.2 Å². The second-order valence-corrected chi connectivity index (χ2v) is 10.3. The molecule has 2 amide bonds. The Labute approximate surface area is 241 Å². The predicted octanol–water partition coefficient (Wildman–Crippen LogP) is 4.70. The van der Waals surface area contributed by atoms with Crippen molar-refractivity contribution in [3.05, 3.63) is 89.2 Å². The Morgan fingerprint density at radius 3 is 2.48 bits per heavy atom. The fourth-order valence-corrected chi connectivity index (χ4v) is 5.31. The van der Waals surface area contributed by atoms with E-state index in [1.165, 1.54) is 17.3 Å². The van der Waals surface area contributed by atoms with Crippen LogP contribution in [0.3, 0.4) is 0 Å². The summed E-state index contributed by atoms with van der Waals surface area (Å²) in [5.41, 5.74) is 2.93. The van der Waals surface area contributed by atoms with E-state index in [-0.39, 0.29) is 30.7 Å². The summed E-state index contributed by atoms with van der Waals surface area (Å²) in [6.45, 7) is 3.11. The van der Waals surface area contributed by atoms with Crippen molar-refractivity contribution in [1.29, 1.82) is 0 Å². The van der Waals surface area contributed by atoms with Crippen molar-refractivity contribution in [2.45, 2.75) is 25.0 Å². The van der Waals surface area contributed by atoms with Gasteiger partial charge in [0.1, 0.15) is 11.5 Å². The quantitative estimate of drug-likeness (QED) is 0.258. The van der Waals surface area contributed by atoms with Crippen molar-refractivity contribution < 1.29 is 19.1 Å². The Morgan fingerprint density at radius 1 is 0.975 bits per heavy atom. The number of hydrogen-bond acceptors (Lipinski definition) is 7. The number of para-hydroxylation sites is 1. The molecule has 0 unspecified atom stereocenters. The number of nitrogens with zero attached hydrogens (tertiary/aromatic N) is 4. The zero-order chi connectivity index (χ0) is 27.9. The second kappa shape index (κ2) is 12.9. The Kier molecular flexibility index (Phi) is 8.87. The van der Waals surface area contributed by atoms with Gasteiger partial charge in [0.15, 0.2) is 17.6 Å². The molecular formula is C29H28ClN5O4S. The largest absolute Gasteiger partial charge is 0.494 e. The minimum absolute atomic E-state index is 0.00500. The van der Waals surface area contributed by atoms with Crippen LogP contribution in [0.1, 0.15) is 18.3 Å². The molecule has 0 aliphatic carbocycles. The van der Waals surface area contributed by atoms with E-state index in [0.717, 1.165) is 23.5 Å². The summed E-state index contributed by atoms with van der Waals surface area (Å²) >= 11 is 7.21. The molecule has 0 radical (unpaired) electrons. The molecule has 1 aliphatic heterocycles. The zero-order valence-corrected chi connectivity index (χ0v) is 23.5. The molecule has 3 aromatic carbocycles. The lowest BCUT2D eigenvalue weighted by Gasteiger charge is -2.17.